The van der Waals surface area contributed by atoms with E-state index in [0.29, 0.717) is 10.2 Å². The number of methoxy groups -OCH3 is 1. The van der Waals surface area contributed by atoms with Crippen molar-refractivity contribution in [2.75, 3.05) is 11.8 Å². The zero-order valence-corrected chi connectivity index (χ0v) is 12.8. The van der Waals surface area contributed by atoms with E-state index < -0.39 is 15.8 Å². The maximum absolute atomic E-state index is 13.6. The maximum Gasteiger partial charge on any atom is 0.262 e. The molecule has 0 heterocycles. The van der Waals surface area contributed by atoms with Crippen LogP contribution < -0.4 is 9.46 Å². The van der Waals surface area contributed by atoms with Crippen LogP contribution in [0.1, 0.15) is 0 Å². The Bertz CT molecular complexity index is 697. The van der Waals surface area contributed by atoms with Crippen molar-refractivity contribution in [3.63, 3.8) is 0 Å². The fraction of sp³-hybridized carbons (Fsp3) is 0.0769. The Morgan fingerprint density at radius 3 is 2.35 bits per heavy atom. The van der Waals surface area contributed by atoms with Crippen molar-refractivity contribution in [3.8, 4) is 5.75 Å². The lowest BCUT2D eigenvalue weighted by molar-refractivity contribution is 0.414. The smallest absolute Gasteiger partial charge is 0.262 e. The number of rotatable bonds is 4. The molecule has 2 rings (SSSR count). The summed E-state index contributed by atoms with van der Waals surface area (Å²) in [5.41, 5.74) is -0.122. The molecule has 0 amide bonds. The van der Waals surface area contributed by atoms with Gasteiger partial charge in [0.05, 0.1) is 17.7 Å². The predicted octanol–water partition coefficient (Wildman–Crippen LogP) is 3.40. The van der Waals surface area contributed by atoms with Crippen LogP contribution in [-0.2, 0) is 10.0 Å². The first-order chi connectivity index (χ1) is 9.44. The molecule has 0 spiro atoms. The lowest BCUT2D eigenvalue weighted by atomic mass is 10.3. The van der Waals surface area contributed by atoms with Gasteiger partial charge in [0.1, 0.15) is 11.6 Å². The van der Waals surface area contributed by atoms with E-state index in [1.54, 1.807) is 6.07 Å². The molecule has 0 aliphatic rings. The summed E-state index contributed by atoms with van der Waals surface area (Å²) in [5.74, 6) is -0.118. The minimum Gasteiger partial charge on any atom is -0.497 e. The highest BCUT2D eigenvalue weighted by molar-refractivity contribution is 9.10. The Hall–Kier alpha value is -1.60. The quantitative estimate of drug-likeness (QED) is 0.909. The molecular formula is C13H11BrFNO3S. The van der Waals surface area contributed by atoms with E-state index in [9.17, 15) is 12.8 Å². The highest BCUT2D eigenvalue weighted by Crippen LogP contribution is 2.28. The van der Waals surface area contributed by atoms with Gasteiger partial charge in [-0.1, -0.05) is 6.07 Å². The van der Waals surface area contributed by atoms with Crippen LogP contribution in [-0.4, -0.2) is 15.5 Å². The standard InChI is InChI=1S/C13H11BrFNO3S/c1-19-9-5-7-10(8-6-9)20(17,18)16-13-11(14)3-2-4-12(13)15/h2-8,16H,1H3. The molecule has 0 fully saturated rings. The van der Waals surface area contributed by atoms with E-state index >= 15 is 0 Å². The van der Waals surface area contributed by atoms with E-state index in [1.807, 2.05) is 0 Å². The molecule has 0 unspecified atom stereocenters. The molecule has 2 aromatic carbocycles. The van der Waals surface area contributed by atoms with Crippen LogP contribution in [0.4, 0.5) is 10.1 Å². The molecule has 0 radical (unpaired) electrons. The Morgan fingerprint density at radius 2 is 1.80 bits per heavy atom. The Labute approximate surface area is 124 Å². The van der Waals surface area contributed by atoms with Crippen molar-refractivity contribution in [3.05, 3.63) is 52.8 Å². The molecule has 0 saturated heterocycles. The minimum absolute atomic E-state index is 0.0217. The van der Waals surface area contributed by atoms with E-state index in [0.717, 1.165) is 0 Å². The van der Waals surface area contributed by atoms with Crippen LogP contribution in [0.15, 0.2) is 51.8 Å². The molecular weight excluding hydrogens is 349 g/mol. The van der Waals surface area contributed by atoms with Crippen molar-refractivity contribution in [2.45, 2.75) is 4.90 Å². The zero-order chi connectivity index (χ0) is 14.8. The second-order valence-electron chi connectivity index (χ2n) is 3.88. The first kappa shape index (κ1) is 14.8. The van der Waals surface area contributed by atoms with E-state index in [4.69, 9.17) is 4.74 Å². The van der Waals surface area contributed by atoms with Crippen LogP contribution in [0.5, 0.6) is 5.75 Å². The van der Waals surface area contributed by atoms with Gasteiger partial charge in [-0.05, 0) is 52.3 Å². The zero-order valence-electron chi connectivity index (χ0n) is 10.4. The fourth-order valence-electron chi connectivity index (χ4n) is 1.54. The lowest BCUT2D eigenvalue weighted by Gasteiger charge is -2.11. The summed E-state index contributed by atoms with van der Waals surface area (Å²) in [4.78, 5) is 0.0217. The van der Waals surface area contributed by atoms with Gasteiger partial charge in [0.2, 0.25) is 0 Å². The third-order valence-corrected chi connectivity index (χ3v) is 4.60. The normalized spacial score (nSPS) is 11.2. The second kappa shape index (κ2) is 5.80. The number of hydrogen-bond donors (Lipinski definition) is 1. The first-order valence-corrected chi connectivity index (χ1v) is 7.82. The largest absolute Gasteiger partial charge is 0.497 e. The average molecular weight is 360 g/mol. The number of hydrogen-bond acceptors (Lipinski definition) is 3. The van der Waals surface area contributed by atoms with Gasteiger partial charge >= 0.3 is 0 Å². The van der Waals surface area contributed by atoms with E-state index in [-0.39, 0.29) is 10.6 Å². The van der Waals surface area contributed by atoms with Crippen LogP contribution in [0.25, 0.3) is 0 Å². The van der Waals surface area contributed by atoms with Crippen LogP contribution in [0.3, 0.4) is 0 Å². The summed E-state index contributed by atoms with van der Waals surface area (Å²) in [5, 5.41) is 0. The van der Waals surface area contributed by atoms with Gasteiger partial charge in [-0.25, -0.2) is 12.8 Å². The highest BCUT2D eigenvalue weighted by atomic mass is 79.9. The molecule has 0 saturated carbocycles. The summed E-state index contributed by atoms with van der Waals surface area (Å²) in [6.07, 6.45) is 0. The van der Waals surface area contributed by atoms with Crippen molar-refractivity contribution in [2.24, 2.45) is 0 Å². The van der Waals surface area contributed by atoms with E-state index in [2.05, 4.69) is 20.7 Å². The van der Waals surface area contributed by atoms with Gasteiger partial charge in [0, 0.05) is 4.47 Å². The Kier molecular flexibility index (Phi) is 4.29. The van der Waals surface area contributed by atoms with Crippen molar-refractivity contribution in [1.82, 2.24) is 0 Å². The van der Waals surface area contributed by atoms with Crippen molar-refractivity contribution in [1.29, 1.82) is 0 Å². The second-order valence-corrected chi connectivity index (χ2v) is 6.41. The number of anilines is 1. The molecule has 0 aliphatic heterocycles. The number of sulfonamides is 1. The Balaban J connectivity index is 2.35. The third kappa shape index (κ3) is 3.10. The van der Waals surface area contributed by atoms with Crippen LogP contribution >= 0.6 is 15.9 Å². The summed E-state index contributed by atoms with van der Waals surface area (Å²) in [6.45, 7) is 0. The van der Waals surface area contributed by atoms with Gasteiger partial charge in [-0.3, -0.25) is 4.72 Å². The summed E-state index contributed by atoms with van der Waals surface area (Å²) in [6, 6.07) is 10.0. The van der Waals surface area contributed by atoms with Gasteiger partial charge in [0.15, 0.2) is 0 Å². The summed E-state index contributed by atoms with van der Waals surface area (Å²) < 4.78 is 45.5. The van der Waals surface area contributed by atoms with Crippen molar-refractivity contribution >= 4 is 31.6 Å². The molecule has 106 valence electrons. The lowest BCUT2D eigenvalue weighted by Crippen LogP contribution is -2.14. The van der Waals surface area contributed by atoms with Gasteiger partial charge < -0.3 is 4.74 Å². The van der Waals surface area contributed by atoms with Gasteiger partial charge in [-0.15, -0.1) is 0 Å². The van der Waals surface area contributed by atoms with E-state index in [1.165, 1.54) is 43.5 Å². The predicted molar refractivity (Wildman–Crippen MR) is 77.9 cm³/mol. The maximum atomic E-state index is 13.6. The topological polar surface area (TPSA) is 55.4 Å². The van der Waals surface area contributed by atoms with Crippen LogP contribution in [0.2, 0.25) is 0 Å². The molecule has 1 N–H and O–H groups in total. The molecule has 0 bridgehead atoms. The van der Waals surface area contributed by atoms with Gasteiger partial charge in [0.25, 0.3) is 10.0 Å². The molecule has 20 heavy (non-hydrogen) atoms. The monoisotopic (exact) mass is 359 g/mol. The molecule has 0 aliphatic carbocycles. The van der Waals surface area contributed by atoms with Crippen molar-refractivity contribution < 1.29 is 17.5 Å². The minimum atomic E-state index is -3.86. The number of ether oxygens (including phenoxy) is 1. The Morgan fingerprint density at radius 1 is 1.15 bits per heavy atom. The van der Waals surface area contributed by atoms with Gasteiger partial charge in [-0.2, -0.15) is 0 Å². The molecule has 0 atom stereocenters. The number of para-hydroxylation sites is 1. The number of nitrogens with one attached hydrogen (secondary N) is 1. The average Bonchev–Trinajstić information content (AvgIpc) is 2.43. The molecule has 7 heteroatoms. The first-order valence-electron chi connectivity index (χ1n) is 5.55. The number of benzene rings is 2. The number of halogens is 2. The van der Waals surface area contributed by atoms with Crippen LogP contribution in [0, 0.1) is 5.82 Å². The highest BCUT2D eigenvalue weighted by Gasteiger charge is 2.18. The summed E-state index contributed by atoms with van der Waals surface area (Å²) >= 11 is 3.11. The fourth-order valence-corrected chi connectivity index (χ4v) is 3.20. The summed E-state index contributed by atoms with van der Waals surface area (Å²) in [7, 11) is -2.37. The SMILES string of the molecule is COc1ccc(S(=O)(=O)Nc2c(F)cccc2Br)cc1. The molecule has 4 nitrogen and oxygen atoms in total. The molecule has 2 aromatic rings. The third-order valence-electron chi connectivity index (χ3n) is 2.57. The molecule has 0 aromatic heterocycles.